The van der Waals surface area contributed by atoms with E-state index in [2.05, 4.69) is 33.4 Å². The van der Waals surface area contributed by atoms with E-state index in [-0.39, 0.29) is 23.4 Å². The largest absolute Gasteiger partial charge is 0.348 e. The van der Waals surface area contributed by atoms with Gasteiger partial charge in [-0.05, 0) is 79.3 Å². The number of nitrogens with one attached hydrogen (secondary N) is 1. The number of nitrogens with zero attached hydrogens (tertiary/aromatic N) is 1. The third-order valence-corrected chi connectivity index (χ3v) is 8.05. The van der Waals surface area contributed by atoms with Gasteiger partial charge in [-0.15, -0.1) is 0 Å². The van der Waals surface area contributed by atoms with E-state index in [1.54, 1.807) is 42.5 Å². The lowest BCUT2D eigenvalue weighted by Crippen LogP contribution is -2.41. The molecule has 0 saturated heterocycles. The van der Waals surface area contributed by atoms with Crippen LogP contribution in [0.4, 0.5) is 5.69 Å². The zero-order valence-electron chi connectivity index (χ0n) is 17.8. The monoisotopic (exact) mass is 512 g/mol. The average Bonchev–Trinajstić information content (AvgIpc) is 3.26. The van der Waals surface area contributed by atoms with Crippen LogP contribution in [0, 0.1) is 0 Å². The molecule has 32 heavy (non-hydrogen) atoms. The molecule has 0 aliphatic heterocycles. The van der Waals surface area contributed by atoms with E-state index in [0.29, 0.717) is 5.69 Å². The van der Waals surface area contributed by atoms with E-state index >= 15 is 0 Å². The summed E-state index contributed by atoms with van der Waals surface area (Å²) in [5.74, 6) is -0.361. The van der Waals surface area contributed by atoms with Crippen molar-refractivity contribution in [2.24, 2.45) is 0 Å². The maximum atomic E-state index is 13.4. The molecule has 3 aromatic carbocycles. The Morgan fingerprint density at radius 2 is 1.69 bits per heavy atom. The lowest BCUT2D eigenvalue weighted by atomic mass is 10.0. The summed E-state index contributed by atoms with van der Waals surface area (Å²) in [5.41, 5.74) is 4.17. The van der Waals surface area contributed by atoms with Crippen LogP contribution in [0.1, 0.15) is 36.1 Å². The number of aryl methyl sites for hydroxylation is 2. The van der Waals surface area contributed by atoms with Crippen molar-refractivity contribution in [3.8, 4) is 0 Å². The maximum absolute atomic E-state index is 13.4. The summed E-state index contributed by atoms with van der Waals surface area (Å²) in [6, 6.07) is 21.2. The van der Waals surface area contributed by atoms with Crippen LogP contribution in [0.3, 0.4) is 0 Å². The van der Waals surface area contributed by atoms with Gasteiger partial charge in [0, 0.05) is 4.47 Å². The van der Waals surface area contributed by atoms with Crippen molar-refractivity contribution in [3.63, 3.8) is 0 Å². The molecule has 0 spiro atoms. The predicted octanol–water partition coefficient (Wildman–Crippen LogP) is 5.01. The molecule has 1 atom stereocenters. The molecule has 1 aliphatic carbocycles. The number of hydrogen-bond acceptors (Lipinski definition) is 3. The lowest BCUT2D eigenvalue weighted by Gasteiger charge is -2.25. The van der Waals surface area contributed by atoms with Gasteiger partial charge in [0.25, 0.3) is 10.0 Å². The molecule has 4 rings (SSSR count). The van der Waals surface area contributed by atoms with Crippen LogP contribution in [-0.4, -0.2) is 20.9 Å². The first-order valence-electron chi connectivity index (χ1n) is 10.6. The third kappa shape index (κ3) is 4.89. The molecule has 1 amide bonds. The molecule has 1 aliphatic rings. The van der Waals surface area contributed by atoms with Crippen molar-refractivity contribution in [3.05, 3.63) is 94.0 Å². The molecule has 0 heterocycles. The highest BCUT2D eigenvalue weighted by Crippen LogP contribution is 2.27. The standard InChI is InChI=1S/C25H25BrN2O3S/c1-18(20-11-10-19-6-5-7-21(19)16-20)27-25(29)17-28(23-14-12-22(26)13-15-23)32(30,31)24-8-3-2-4-9-24/h2-4,8-16,18H,5-7,17H2,1H3,(H,27,29). The molecule has 3 aromatic rings. The minimum atomic E-state index is -3.91. The number of amides is 1. The lowest BCUT2D eigenvalue weighted by molar-refractivity contribution is -0.120. The van der Waals surface area contributed by atoms with E-state index in [1.165, 1.54) is 29.7 Å². The fourth-order valence-corrected chi connectivity index (χ4v) is 5.71. The molecular formula is C25H25BrN2O3S. The van der Waals surface area contributed by atoms with Crippen LogP contribution < -0.4 is 9.62 Å². The summed E-state index contributed by atoms with van der Waals surface area (Å²) in [4.78, 5) is 13.1. The number of fused-ring (bicyclic) bond motifs is 1. The quantitative estimate of drug-likeness (QED) is 0.483. The highest BCUT2D eigenvalue weighted by atomic mass is 79.9. The normalized spacial score (nSPS) is 13.9. The van der Waals surface area contributed by atoms with Crippen molar-refractivity contribution in [1.82, 2.24) is 5.32 Å². The minimum absolute atomic E-state index is 0.141. The zero-order valence-corrected chi connectivity index (χ0v) is 20.2. The Kier molecular flexibility index (Phi) is 6.67. The first-order chi connectivity index (χ1) is 15.3. The summed E-state index contributed by atoms with van der Waals surface area (Å²) in [6.45, 7) is 1.61. The van der Waals surface area contributed by atoms with Gasteiger partial charge in [0.15, 0.2) is 0 Å². The molecular weight excluding hydrogens is 488 g/mol. The van der Waals surface area contributed by atoms with Gasteiger partial charge in [-0.2, -0.15) is 0 Å². The minimum Gasteiger partial charge on any atom is -0.348 e. The summed E-state index contributed by atoms with van der Waals surface area (Å²) in [6.07, 6.45) is 3.34. The topological polar surface area (TPSA) is 66.5 Å². The summed E-state index contributed by atoms with van der Waals surface area (Å²) in [7, 11) is -3.91. The fraction of sp³-hybridized carbons (Fsp3) is 0.240. The Bertz CT molecular complexity index is 1210. The Balaban J connectivity index is 1.56. The second-order valence-electron chi connectivity index (χ2n) is 7.97. The van der Waals surface area contributed by atoms with Gasteiger partial charge in [-0.1, -0.05) is 52.3 Å². The molecule has 1 N–H and O–H groups in total. The van der Waals surface area contributed by atoms with Gasteiger partial charge in [0.2, 0.25) is 5.91 Å². The molecule has 0 aromatic heterocycles. The molecule has 166 valence electrons. The highest BCUT2D eigenvalue weighted by Gasteiger charge is 2.27. The van der Waals surface area contributed by atoms with Crippen LogP contribution >= 0.6 is 15.9 Å². The molecule has 7 heteroatoms. The van der Waals surface area contributed by atoms with Crippen LogP contribution in [0.25, 0.3) is 0 Å². The van der Waals surface area contributed by atoms with Gasteiger partial charge in [-0.3, -0.25) is 9.10 Å². The van der Waals surface area contributed by atoms with Gasteiger partial charge < -0.3 is 5.32 Å². The van der Waals surface area contributed by atoms with Crippen LogP contribution in [0.15, 0.2) is 82.2 Å². The van der Waals surface area contributed by atoms with Gasteiger partial charge >= 0.3 is 0 Å². The SMILES string of the molecule is CC(NC(=O)CN(c1ccc(Br)cc1)S(=O)(=O)c1ccccc1)c1ccc2c(c1)CCC2. The van der Waals surface area contributed by atoms with E-state index in [0.717, 1.165) is 27.2 Å². The van der Waals surface area contributed by atoms with Crippen molar-refractivity contribution >= 4 is 37.5 Å². The van der Waals surface area contributed by atoms with Crippen molar-refractivity contribution in [2.45, 2.75) is 37.1 Å². The molecule has 1 unspecified atom stereocenters. The number of rotatable bonds is 7. The third-order valence-electron chi connectivity index (χ3n) is 5.73. The predicted molar refractivity (Wildman–Crippen MR) is 130 cm³/mol. The Labute approximate surface area is 197 Å². The number of carbonyl (C=O) groups excluding carboxylic acids is 1. The van der Waals surface area contributed by atoms with Crippen LogP contribution in [0.5, 0.6) is 0 Å². The van der Waals surface area contributed by atoms with E-state index in [1.807, 2.05) is 13.0 Å². The van der Waals surface area contributed by atoms with E-state index < -0.39 is 10.0 Å². The fourth-order valence-electron chi connectivity index (χ4n) is 4.00. The smallest absolute Gasteiger partial charge is 0.264 e. The van der Waals surface area contributed by atoms with Crippen molar-refractivity contribution < 1.29 is 13.2 Å². The molecule has 0 radical (unpaired) electrons. The number of halogens is 1. The van der Waals surface area contributed by atoms with Crippen molar-refractivity contribution in [2.75, 3.05) is 10.8 Å². The number of anilines is 1. The van der Waals surface area contributed by atoms with Crippen LogP contribution in [-0.2, 0) is 27.7 Å². The van der Waals surface area contributed by atoms with Crippen molar-refractivity contribution in [1.29, 1.82) is 0 Å². The van der Waals surface area contributed by atoms with E-state index in [9.17, 15) is 13.2 Å². The first kappa shape index (κ1) is 22.6. The van der Waals surface area contributed by atoms with Gasteiger partial charge in [-0.25, -0.2) is 8.42 Å². The Hall–Kier alpha value is -2.64. The average molecular weight is 513 g/mol. The molecule has 5 nitrogen and oxygen atoms in total. The first-order valence-corrected chi connectivity index (χ1v) is 12.8. The molecule has 0 fully saturated rings. The Morgan fingerprint density at radius 1 is 1.00 bits per heavy atom. The Morgan fingerprint density at radius 3 is 2.41 bits per heavy atom. The van der Waals surface area contributed by atoms with Gasteiger partial charge in [0.05, 0.1) is 16.6 Å². The second-order valence-corrected chi connectivity index (χ2v) is 10.8. The summed E-state index contributed by atoms with van der Waals surface area (Å²) in [5, 5.41) is 2.97. The number of sulfonamides is 1. The second kappa shape index (κ2) is 9.46. The van der Waals surface area contributed by atoms with E-state index in [4.69, 9.17) is 0 Å². The molecule has 0 saturated carbocycles. The molecule has 0 bridgehead atoms. The number of hydrogen-bond donors (Lipinski definition) is 1. The summed E-state index contributed by atoms with van der Waals surface area (Å²) < 4.78 is 28.7. The zero-order chi connectivity index (χ0) is 22.7. The highest BCUT2D eigenvalue weighted by molar-refractivity contribution is 9.10. The van der Waals surface area contributed by atoms with Gasteiger partial charge in [0.1, 0.15) is 6.54 Å². The summed E-state index contributed by atoms with van der Waals surface area (Å²) >= 11 is 3.37. The maximum Gasteiger partial charge on any atom is 0.264 e. The number of benzene rings is 3. The number of carbonyl (C=O) groups is 1. The van der Waals surface area contributed by atoms with Crippen LogP contribution in [0.2, 0.25) is 0 Å².